The van der Waals surface area contributed by atoms with E-state index >= 15 is 0 Å². The maximum absolute atomic E-state index is 10.7. The van der Waals surface area contributed by atoms with Crippen LogP contribution in [0.5, 0.6) is 0 Å². The Balaban J connectivity index is 2.98. The van der Waals surface area contributed by atoms with E-state index in [0.717, 1.165) is 10.6 Å². The molecule has 13 heavy (non-hydrogen) atoms. The van der Waals surface area contributed by atoms with Gasteiger partial charge in [-0.05, 0) is 31.0 Å². The number of carboxylic acids is 1. The highest BCUT2D eigenvalue weighted by atomic mass is 32.1. The van der Waals surface area contributed by atoms with E-state index in [1.54, 1.807) is 6.08 Å². The molecule has 1 aromatic rings. The zero-order valence-electron chi connectivity index (χ0n) is 7.44. The van der Waals surface area contributed by atoms with Gasteiger partial charge in [0.2, 0.25) is 0 Å². The highest BCUT2D eigenvalue weighted by molar-refractivity contribution is 7.06. The molecule has 0 bridgehead atoms. The molecule has 0 saturated heterocycles. The van der Waals surface area contributed by atoms with Crippen molar-refractivity contribution < 1.29 is 9.90 Å². The van der Waals surface area contributed by atoms with E-state index in [1.807, 2.05) is 13.8 Å². The zero-order valence-corrected chi connectivity index (χ0v) is 8.26. The molecule has 0 atom stereocenters. The summed E-state index contributed by atoms with van der Waals surface area (Å²) in [5.41, 5.74) is 1.16. The van der Waals surface area contributed by atoms with Crippen LogP contribution >= 0.6 is 11.5 Å². The molecule has 1 heterocycles. The first kappa shape index (κ1) is 9.85. The van der Waals surface area contributed by atoms with Gasteiger partial charge in [0, 0.05) is 5.57 Å². The third-order valence-electron chi connectivity index (χ3n) is 1.65. The Morgan fingerprint density at radius 3 is 2.77 bits per heavy atom. The molecule has 0 radical (unpaired) electrons. The van der Waals surface area contributed by atoms with Crippen LogP contribution in [0.15, 0.2) is 5.57 Å². The maximum Gasteiger partial charge on any atom is 0.331 e. The third kappa shape index (κ3) is 2.35. The minimum Gasteiger partial charge on any atom is -0.478 e. The number of nitrogens with zero attached hydrogens (tertiary/aromatic N) is 2. The molecule has 1 aromatic heterocycles. The quantitative estimate of drug-likeness (QED) is 0.751. The van der Waals surface area contributed by atoms with E-state index < -0.39 is 5.97 Å². The summed E-state index contributed by atoms with van der Waals surface area (Å²) >= 11 is 1.21. The number of carbonyl (C=O) groups is 1. The van der Waals surface area contributed by atoms with Gasteiger partial charge in [-0.2, -0.15) is 0 Å². The summed E-state index contributed by atoms with van der Waals surface area (Å²) < 4.78 is 3.72. The van der Waals surface area contributed by atoms with E-state index in [9.17, 15) is 4.79 Å². The fourth-order valence-electron chi connectivity index (χ4n) is 0.845. The van der Waals surface area contributed by atoms with Crippen molar-refractivity contribution in [3.63, 3.8) is 0 Å². The number of hydrogen-bond donors (Lipinski definition) is 1. The molecule has 0 unspecified atom stereocenters. The van der Waals surface area contributed by atoms with Crippen LogP contribution in [-0.4, -0.2) is 20.7 Å². The first-order valence-electron chi connectivity index (χ1n) is 3.88. The topological polar surface area (TPSA) is 63.1 Å². The van der Waals surface area contributed by atoms with Crippen LogP contribution in [0.1, 0.15) is 23.9 Å². The van der Waals surface area contributed by atoms with Crippen molar-refractivity contribution in [1.82, 2.24) is 9.59 Å². The second-order valence-corrected chi connectivity index (χ2v) is 3.34. The maximum atomic E-state index is 10.7. The highest BCUT2D eigenvalue weighted by Crippen LogP contribution is 2.15. The number of hydrogen-bond acceptors (Lipinski definition) is 4. The molecule has 0 aliphatic carbocycles. The van der Waals surface area contributed by atoms with E-state index in [-0.39, 0.29) is 0 Å². The Bertz CT molecular complexity index is 344. The Kier molecular flexibility index (Phi) is 3.13. The number of aliphatic carboxylic acids is 1. The van der Waals surface area contributed by atoms with Gasteiger partial charge in [-0.25, -0.2) is 4.79 Å². The molecule has 0 aliphatic rings. The monoisotopic (exact) mass is 198 g/mol. The fourth-order valence-corrected chi connectivity index (χ4v) is 1.46. The molecule has 0 aliphatic heterocycles. The van der Waals surface area contributed by atoms with E-state index in [0.29, 0.717) is 12.0 Å². The summed E-state index contributed by atoms with van der Waals surface area (Å²) in [6, 6.07) is 0. The van der Waals surface area contributed by atoms with Gasteiger partial charge in [-0.3, -0.25) is 0 Å². The molecule has 1 rings (SSSR count). The molecule has 4 nitrogen and oxygen atoms in total. The molecule has 0 fully saturated rings. The summed E-state index contributed by atoms with van der Waals surface area (Å²) in [6.45, 7) is 3.62. The van der Waals surface area contributed by atoms with Crippen LogP contribution in [0.2, 0.25) is 0 Å². The Morgan fingerprint density at radius 1 is 1.69 bits per heavy atom. The summed E-state index contributed by atoms with van der Waals surface area (Å²) in [7, 11) is 0. The predicted octanol–water partition coefficient (Wildman–Crippen LogP) is 1.72. The Hall–Kier alpha value is -1.23. The summed E-state index contributed by atoms with van der Waals surface area (Å²) in [6.07, 6.45) is 2.13. The van der Waals surface area contributed by atoms with Crippen molar-refractivity contribution in [2.75, 3.05) is 0 Å². The average Bonchev–Trinajstić information content (AvgIpc) is 2.46. The van der Waals surface area contributed by atoms with Crippen molar-refractivity contribution in [2.24, 2.45) is 0 Å². The van der Waals surface area contributed by atoms with Gasteiger partial charge < -0.3 is 5.11 Å². The van der Waals surface area contributed by atoms with E-state index in [1.165, 1.54) is 11.5 Å². The minimum absolute atomic E-state index is 0.383. The first-order chi connectivity index (χ1) is 6.15. The Labute approximate surface area is 80.1 Å². The molecule has 1 N–H and O–H groups in total. The number of aromatic nitrogens is 2. The molecular weight excluding hydrogens is 188 g/mol. The van der Waals surface area contributed by atoms with Gasteiger partial charge in [0.05, 0.1) is 10.6 Å². The molecule has 5 heteroatoms. The number of carboxylic acid groups (broad SMARTS) is 1. The van der Waals surface area contributed by atoms with Gasteiger partial charge in [0.15, 0.2) is 0 Å². The van der Waals surface area contributed by atoms with Crippen LogP contribution < -0.4 is 0 Å². The van der Waals surface area contributed by atoms with Crippen LogP contribution in [0.25, 0.3) is 6.08 Å². The number of rotatable bonds is 3. The lowest BCUT2D eigenvalue weighted by molar-refractivity contribution is -0.132. The van der Waals surface area contributed by atoms with Crippen molar-refractivity contribution in [3.8, 4) is 0 Å². The smallest absolute Gasteiger partial charge is 0.331 e. The van der Waals surface area contributed by atoms with E-state index in [4.69, 9.17) is 5.11 Å². The molecule has 70 valence electrons. The van der Waals surface area contributed by atoms with Crippen molar-refractivity contribution in [1.29, 1.82) is 0 Å². The molecule has 0 saturated carbocycles. The lowest BCUT2D eigenvalue weighted by atomic mass is 10.2. The lowest BCUT2D eigenvalue weighted by Crippen LogP contribution is -1.98. The van der Waals surface area contributed by atoms with Crippen LogP contribution in [0.4, 0.5) is 0 Å². The molecule has 0 aromatic carbocycles. The van der Waals surface area contributed by atoms with Crippen LogP contribution in [-0.2, 0) is 4.79 Å². The van der Waals surface area contributed by atoms with Gasteiger partial charge in [0.25, 0.3) is 0 Å². The summed E-state index contributed by atoms with van der Waals surface area (Å²) in [5, 5.41) is 12.6. The minimum atomic E-state index is -0.879. The zero-order chi connectivity index (χ0) is 9.84. The average molecular weight is 198 g/mol. The van der Waals surface area contributed by atoms with Crippen LogP contribution in [0.3, 0.4) is 0 Å². The molecule has 0 amide bonds. The second kappa shape index (κ2) is 4.13. The summed E-state index contributed by atoms with van der Waals surface area (Å²) in [5.74, 6) is -0.879. The predicted molar refractivity (Wildman–Crippen MR) is 50.5 cm³/mol. The van der Waals surface area contributed by atoms with Gasteiger partial charge in [0.1, 0.15) is 0 Å². The largest absolute Gasteiger partial charge is 0.478 e. The molecule has 0 spiro atoms. The highest BCUT2D eigenvalue weighted by Gasteiger charge is 2.07. The molecular formula is C8H10N2O2S. The third-order valence-corrected chi connectivity index (χ3v) is 2.42. The summed E-state index contributed by atoms with van der Waals surface area (Å²) in [4.78, 5) is 11.5. The lowest BCUT2D eigenvalue weighted by Gasteiger charge is -1.95. The Morgan fingerprint density at radius 2 is 2.38 bits per heavy atom. The van der Waals surface area contributed by atoms with Crippen molar-refractivity contribution in [2.45, 2.75) is 20.3 Å². The second-order valence-electron chi connectivity index (χ2n) is 2.55. The van der Waals surface area contributed by atoms with Crippen molar-refractivity contribution in [3.05, 3.63) is 16.1 Å². The standard InChI is InChI=1S/C8H10N2O2S/c1-3-6(8(11)12)4-7-5(2)9-10-13-7/h4H,3H2,1-2H3,(H,11,12)/b6-4+. The van der Waals surface area contributed by atoms with E-state index in [2.05, 4.69) is 9.59 Å². The number of aryl methyl sites for hydroxylation is 1. The SMILES string of the molecule is CC/C(=C\c1snnc1C)C(=O)O. The van der Waals surface area contributed by atoms with Gasteiger partial charge in [-0.1, -0.05) is 11.4 Å². The van der Waals surface area contributed by atoms with Crippen molar-refractivity contribution >= 4 is 23.6 Å². The van der Waals surface area contributed by atoms with Gasteiger partial charge >= 0.3 is 5.97 Å². The first-order valence-corrected chi connectivity index (χ1v) is 4.65. The van der Waals surface area contributed by atoms with Crippen LogP contribution in [0, 0.1) is 6.92 Å². The van der Waals surface area contributed by atoms with Gasteiger partial charge in [-0.15, -0.1) is 5.10 Å². The fraction of sp³-hybridized carbons (Fsp3) is 0.375. The normalized spacial score (nSPS) is 11.7.